The molecule has 1 unspecified atom stereocenters. The van der Waals surface area contributed by atoms with Gasteiger partial charge >= 0.3 is 11.9 Å². The molecule has 0 amide bonds. The zero-order chi connectivity index (χ0) is 34.1. The number of nitrogens with zero attached hydrogens (tertiary/aromatic N) is 2. The van der Waals surface area contributed by atoms with Gasteiger partial charge in [0.1, 0.15) is 22.8 Å². The number of carboxylic acid groups (broad SMARTS) is 1. The number of carboxylic acids is 1. The highest BCUT2D eigenvalue weighted by Crippen LogP contribution is 2.33. The molecule has 1 saturated heterocycles. The average Bonchev–Trinajstić information content (AvgIpc) is 3.12. The fourth-order valence-corrected chi connectivity index (χ4v) is 7.26. The number of sulfonamides is 1. The minimum atomic E-state index is -4.08. The molecule has 5 rings (SSSR count). The lowest BCUT2D eigenvalue weighted by Crippen LogP contribution is -2.48. The fourth-order valence-electron chi connectivity index (χ4n) is 5.67. The molecule has 48 heavy (non-hydrogen) atoms. The summed E-state index contributed by atoms with van der Waals surface area (Å²) < 4.78 is 51.3. The molecule has 1 aliphatic heterocycles. The van der Waals surface area contributed by atoms with Crippen molar-refractivity contribution in [1.82, 2.24) is 9.29 Å². The van der Waals surface area contributed by atoms with Crippen LogP contribution in [0.3, 0.4) is 0 Å². The quantitative estimate of drug-likeness (QED) is 0.166. The minimum absolute atomic E-state index is 0.00448. The number of rotatable bonds is 14. The molecule has 0 radical (unpaired) electrons. The first kappa shape index (κ1) is 34.4. The van der Waals surface area contributed by atoms with E-state index in [2.05, 4.69) is 4.98 Å². The molecular weight excluding hydrogens is 636 g/mol. The Bertz CT molecular complexity index is 1820. The van der Waals surface area contributed by atoms with Gasteiger partial charge in [-0.25, -0.2) is 13.2 Å². The first-order valence-electron chi connectivity index (χ1n) is 15.6. The van der Waals surface area contributed by atoms with Gasteiger partial charge in [0.05, 0.1) is 19.9 Å². The zero-order valence-corrected chi connectivity index (χ0v) is 27.6. The molecule has 2 atom stereocenters. The van der Waals surface area contributed by atoms with Crippen LogP contribution in [0.4, 0.5) is 0 Å². The number of hydrogen-bond donors (Lipinski definition) is 1. The largest absolute Gasteiger partial charge is 0.493 e. The van der Waals surface area contributed by atoms with Crippen LogP contribution < -0.4 is 14.2 Å². The van der Waals surface area contributed by atoms with E-state index >= 15 is 0 Å². The van der Waals surface area contributed by atoms with E-state index in [1.807, 2.05) is 42.5 Å². The van der Waals surface area contributed by atoms with Gasteiger partial charge in [0.25, 0.3) is 0 Å². The number of esters is 1. The average molecular weight is 675 g/mol. The number of carbonyl (C=O) groups is 2. The van der Waals surface area contributed by atoms with Crippen molar-refractivity contribution >= 4 is 22.0 Å². The summed E-state index contributed by atoms with van der Waals surface area (Å²) in [5.41, 5.74) is 2.98. The highest BCUT2D eigenvalue weighted by Gasteiger charge is 2.39. The molecule has 1 N–H and O–H groups in total. The number of aryl methyl sites for hydroxylation is 1. The normalized spacial score (nSPS) is 15.7. The molecule has 11 nitrogen and oxygen atoms in total. The second-order valence-electron chi connectivity index (χ2n) is 11.3. The summed E-state index contributed by atoms with van der Waals surface area (Å²) in [6.07, 6.45) is 2.91. The SMILES string of the molecule is COc1ccc(CC[C@@H](OC(=O)C2CCCCN2S(=O)(=O)c2ccc(-c3ccccc3)nc2)c2cccc(OCC(=O)O)c2)cc1OC. The number of piperidine rings is 1. The van der Waals surface area contributed by atoms with Gasteiger partial charge in [-0.05, 0) is 79.6 Å². The van der Waals surface area contributed by atoms with Crippen molar-refractivity contribution in [2.75, 3.05) is 27.4 Å². The second-order valence-corrected chi connectivity index (χ2v) is 13.2. The fraction of sp³-hybridized carbons (Fsp3) is 0.306. The summed E-state index contributed by atoms with van der Waals surface area (Å²) >= 11 is 0. The third-order valence-electron chi connectivity index (χ3n) is 8.13. The van der Waals surface area contributed by atoms with E-state index in [9.17, 15) is 18.0 Å². The van der Waals surface area contributed by atoms with Crippen molar-refractivity contribution < 1.29 is 42.1 Å². The molecule has 1 aromatic heterocycles. The Morgan fingerprint density at radius 1 is 0.938 bits per heavy atom. The van der Waals surface area contributed by atoms with E-state index < -0.39 is 40.7 Å². The molecule has 3 aromatic carbocycles. The summed E-state index contributed by atoms with van der Waals surface area (Å²) in [6, 6.07) is 23.8. The van der Waals surface area contributed by atoms with Crippen molar-refractivity contribution in [3.8, 4) is 28.5 Å². The number of carbonyl (C=O) groups excluding carboxylic acids is 1. The third kappa shape index (κ3) is 8.31. The van der Waals surface area contributed by atoms with Gasteiger partial charge in [0.15, 0.2) is 18.1 Å². The molecule has 0 aliphatic carbocycles. The molecule has 12 heteroatoms. The van der Waals surface area contributed by atoms with Gasteiger partial charge in [0.2, 0.25) is 10.0 Å². The molecule has 1 aliphatic rings. The number of aromatic nitrogens is 1. The maximum Gasteiger partial charge on any atom is 0.341 e. The standard InChI is InChI=1S/C36H38N2O9S/c1-44-33-19-15-25(21-34(33)45-2)14-18-32(27-11-8-12-28(22-27)46-24-35(39)40)47-36(41)31-13-6-7-20-38(31)48(42,43)29-16-17-30(37-23-29)26-9-4-3-5-10-26/h3-5,8-12,15-17,19,21-23,31-32H,6-7,13-14,18,20,24H2,1-2H3,(H,39,40)/t31?,32-/m1/s1. The van der Waals surface area contributed by atoms with Crippen LogP contribution in [0.1, 0.15) is 42.9 Å². The number of aliphatic carboxylic acids is 1. The van der Waals surface area contributed by atoms with Gasteiger partial charge in [-0.1, -0.05) is 48.5 Å². The zero-order valence-electron chi connectivity index (χ0n) is 26.8. The van der Waals surface area contributed by atoms with Gasteiger partial charge in [0, 0.05) is 18.3 Å². The van der Waals surface area contributed by atoms with Crippen molar-refractivity contribution in [1.29, 1.82) is 0 Å². The Morgan fingerprint density at radius 3 is 2.44 bits per heavy atom. The van der Waals surface area contributed by atoms with Crippen LogP contribution in [0.5, 0.6) is 17.2 Å². The highest BCUT2D eigenvalue weighted by atomic mass is 32.2. The second kappa shape index (κ2) is 15.8. The van der Waals surface area contributed by atoms with E-state index in [1.165, 1.54) is 16.6 Å². The third-order valence-corrected chi connectivity index (χ3v) is 10.0. The highest BCUT2D eigenvalue weighted by molar-refractivity contribution is 7.89. The molecule has 252 valence electrons. The van der Waals surface area contributed by atoms with Crippen molar-refractivity contribution in [2.24, 2.45) is 0 Å². The van der Waals surface area contributed by atoms with Gasteiger partial charge in [-0.2, -0.15) is 4.31 Å². The Hall–Kier alpha value is -4.94. The van der Waals surface area contributed by atoms with Crippen LogP contribution >= 0.6 is 0 Å². The number of methoxy groups -OCH3 is 2. The number of benzene rings is 3. The Morgan fingerprint density at radius 2 is 1.73 bits per heavy atom. The molecule has 4 aromatic rings. The Kier molecular flexibility index (Phi) is 11.3. The maximum atomic E-state index is 13.9. The molecule has 0 spiro atoms. The summed E-state index contributed by atoms with van der Waals surface area (Å²) in [5.74, 6) is -0.352. The molecule has 0 bridgehead atoms. The van der Waals surface area contributed by atoms with Gasteiger partial charge in [-0.3, -0.25) is 9.78 Å². The number of ether oxygens (including phenoxy) is 4. The van der Waals surface area contributed by atoms with Crippen molar-refractivity contribution in [3.63, 3.8) is 0 Å². The lowest BCUT2D eigenvalue weighted by Gasteiger charge is -2.34. The summed E-state index contributed by atoms with van der Waals surface area (Å²) in [6.45, 7) is -0.368. The lowest BCUT2D eigenvalue weighted by molar-refractivity contribution is -0.155. The molecule has 2 heterocycles. The Balaban J connectivity index is 1.39. The van der Waals surface area contributed by atoms with Crippen LogP contribution in [0, 0.1) is 0 Å². The van der Waals surface area contributed by atoms with Crippen LogP contribution in [-0.2, 0) is 30.8 Å². The predicted molar refractivity (Wildman–Crippen MR) is 177 cm³/mol. The maximum absolute atomic E-state index is 13.9. The van der Waals surface area contributed by atoms with E-state index in [0.717, 1.165) is 11.1 Å². The topological polar surface area (TPSA) is 142 Å². The molecule has 0 saturated carbocycles. The van der Waals surface area contributed by atoms with Crippen LogP contribution in [0.15, 0.2) is 96.0 Å². The monoisotopic (exact) mass is 674 g/mol. The van der Waals surface area contributed by atoms with Crippen LogP contribution in [-0.4, -0.2) is 68.2 Å². The first-order valence-corrected chi connectivity index (χ1v) is 17.0. The van der Waals surface area contributed by atoms with Gasteiger partial charge < -0.3 is 24.1 Å². The summed E-state index contributed by atoms with van der Waals surface area (Å²) in [4.78, 5) is 29.4. The summed E-state index contributed by atoms with van der Waals surface area (Å²) in [5, 5.41) is 9.07. The minimum Gasteiger partial charge on any atom is -0.493 e. The summed E-state index contributed by atoms with van der Waals surface area (Å²) in [7, 11) is -0.978. The lowest BCUT2D eigenvalue weighted by atomic mass is 10.00. The number of pyridine rings is 1. The van der Waals surface area contributed by atoms with Crippen molar-refractivity contribution in [2.45, 2.75) is 49.1 Å². The number of hydrogen-bond acceptors (Lipinski definition) is 9. The molecular formula is C36H38N2O9S. The van der Waals surface area contributed by atoms with Crippen LogP contribution in [0.2, 0.25) is 0 Å². The molecule has 1 fully saturated rings. The van der Waals surface area contributed by atoms with Gasteiger partial charge in [-0.15, -0.1) is 0 Å². The smallest absolute Gasteiger partial charge is 0.341 e. The first-order chi connectivity index (χ1) is 23.2. The van der Waals surface area contributed by atoms with E-state index in [0.29, 0.717) is 60.6 Å². The predicted octanol–water partition coefficient (Wildman–Crippen LogP) is 5.69. The Labute approximate surface area is 280 Å². The van der Waals surface area contributed by atoms with E-state index in [-0.39, 0.29) is 11.4 Å². The van der Waals surface area contributed by atoms with E-state index in [1.54, 1.807) is 50.6 Å². The van der Waals surface area contributed by atoms with Crippen LogP contribution in [0.25, 0.3) is 11.3 Å². The van der Waals surface area contributed by atoms with Crippen molar-refractivity contribution in [3.05, 3.63) is 102 Å². The van der Waals surface area contributed by atoms with E-state index in [4.69, 9.17) is 24.1 Å².